The molecule has 0 radical (unpaired) electrons. The van der Waals surface area contributed by atoms with E-state index in [1.54, 1.807) is 0 Å². The topological polar surface area (TPSA) is 57.9 Å². The fourth-order valence-corrected chi connectivity index (χ4v) is 2.60. The quantitative estimate of drug-likeness (QED) is 0.942. The van der Waals surface area contributed by atoms with E-state index in [2.05, 4.69) is 42.4 Å². The average molecular weight is 293 g/mol. The van der Waals surface area contributed by atoms with Gasteiger partial charge in [-0.1, -0.05) is 30.3 Å². The molecule has 22 heavy (non-hydrogen) atoms. The van der Waals surface area contributed by atoms with Crippen LogP contribution in [0.3, 0.4) is 0 Å². The molecule has 1 aromatic carbocycles. The fourth-order valence-electron chi connectivity index (χ4n) is 2.60. The van der Waals surface area contributed by atoms with Gasteiger partial charge >= 0.3 is 0 Å². The highest BCUT2D eigenvalue weighted by molar-refractivity contribution is 5.55. The number of fused-ring (bicyclic) bond motifs is 1. The summed E-state index contributed by atoms with van der Waals surface area (Å²) in [5, 5.41) is 12.6. The second-order valence-electron chi connectivity index (χ2n) is 6.17. The number of pyridine rings is 1. The molecule has 1 aromatic heterocycles. The summed E-state index contributed by atoms with van der Waals surface area (Å²) < 4.78 is 5.79. The van der Waals surface area contributed by atoms with E-state index in [0.29, 0.717) is 24.5 Å². The van der Waals surface area contributed by atoms with E-state index >= 15 is 0 Å². The van der Waals surface area contributed by atoms with Gasteiger partial charge in [-0.25, -0.2) is 4.98 Å². The number of anilines is 1. The average Bonchev–Trinajstić information content (AvgIpc) is 2.52. The van der Waals surface area contributed by atoms with Gasteiger partial charge in [0.15, 0.2) is 0 Å². The van der Waals surface area contributed by atoms with Crippen LogP contribution in [-0.4, -0.2) is 10.6 Å². The third kappa shape index (κ3) is 3.10. The zero-order valence-electron chi connectivity index (χ0n) is 12.9. The van der Waals surface area contributed by atoms with Gasteiger partial charge < -0.3 is 10.1 Å². The molecule has 1 aliphatic heterocycles. The molecular weight excluding hydrogens is 274 g/mol. The normalized spacial score (nSPS) is 15.7. The third-order valence-corrected chi connectivity index (χ3v) is 3.83. The molecule has 2 aromatic rings. The first-order chi connectivity index (χ1) is 10.6. The Kier molecular flexibility index (Phi) is 3.82. The standard InChI is InChI=1S/C18H19N3O/c1-18(2)9-16-15(12-22-18)8-14(10-19)17(21-16)20-11-13-6-4-3-5-7-13/h3-8H,9,11-12H2,1-2H3,(H,20,21). The summed E-state index contributed by atoms with van der Waals surface area (Å²) in [6.45, 7) is 5.30. The Hall–Kier alpha value is -2.38. The minimum atomic E-state index is -0.204. The van der Waals surface area contributed by atoms with Crippen molar-refractivity contribution < 1.29 is 4.74 Å². The highest BCUT2D eigenvalue weighted by Crippen LogP contribution is 2.29. The molecule has 2 heterocycles. The predicted molar refractivity (Wildman–Crippen MR) is 85.3 cm³/mol. The monoisotopic (exact) mass is 293 g/mol. The maximum Gasteiger partial charge on any atom is 0.144 e. The maximum absolute atomic E-state index is 9.35. The molecule has 1 N–H and O–H groups in total. The number of nitrogens with one attached hydrogen (secondary N) is 1. The van der Waals surface area contributed by atoms with Gasteiger partial charge in [0.25, 0.3) is 0 Å². The zero-order valence-corrected chi connectivity index (χ0v) is 12.9. The molecule has 0 spiro atoms. The molecule has 0 amide bonds. The van der Waals surface area contributed by atoms with E-state index in [1.165, 1.54) is 0 Å². The van der Waals surface area contributed by atoms with Gasteiger partial charge in [0, 0.05) is 18.5 Å². The Bertz CT molecular complexity index is 717. The van der Waals surface area contributed by atoms with Crippen LogP contribution in [0.25, 0.3) is 0 Å². The highest BCUT2D eigenvalue weighted by Gasteiger charge is 2.28. The number of nitriles is 1. The van der Waals surface area contributed by atoms with E-state index in [-0.39, 0.29) is 5.60 Å². The lowest BCUT2D eigenvalue weighted by Crippen LogP contribution is -2.32. The number of hydrogen-bond donors (Lipinski definition) is 1. The van der Waals surface area contributed by atoms with Gasteiger partial charge in [0.1, 0.15) is 11.9 Å². The second-order valence-corrected chi connectivity index (χ2v) is 6.17. The summed E-state index contributed by atoms with van der Waals surface area (Å²) in [7, 11) is 0. The van der Waals surface area contributed by atoms with Crippen LogP contribution in [0, 0.1) is 11.3 Å². The van der Waals surface area contributed by atoms with Gasteiger partial charge in [0.05, 0.1) is 23.5 Å². The Labute approximate surface area is 130 Å². The molecular formula is C18H19N3O. The van der Waals surface area contributed by atoms with Gasteiger partial charge in [0.2, 0.25) is 0 Å². The van der Waals surface area contributed by atoms with Crippen molar-refractivity contribution in [2.45, 2.75) is 39.0 Å². The lowest BCUT2D eigenvalue weighted by Gasteiger charge is -2.31. The fraction of sp³-hybridized carbons (Fsp3) is 0.333. The van der Waals surface area contributed by atoms with Gasteiger partial charge in [-0.3, -0.25) is 0 Å². The molecule has 1 aliphatic rings. The first-order valence-electron chi connectivity index (χ1n) is 7.42. The molecule has 0 saturated heterocycles. The SMILES string of the molecule is CC1(C)Cc2nc(NCc3ccccc3)c(C#N)cc2CO1. The summed E-state index contributed by atoms with van der Waals surface area (Å²) in [4.78, 5) is 4.68. The predicted octanol–water partition coefficient (Wildman–Crippen LogP) is 3.42. The maximum atomic E-state index is 9.35. The van der Waals surface area contributed by atoms with E-state index in [0.717, 1.165) is 23.2 Å². The second kappa shape index (κ2) is 5.78. The largest absolute Gasteiger partial charge is 0.370 e. The molecule has 0 bridgehead atoms. The highest BCUT2D eigenvalue weighted by atomic mass is 16.5. The van der Waals surface area contributed by atoms with Crippen LogP contribution in [0.2, 0.25) is 0 Å². The molecule has 4 nitrogen and oxygen atoms in total. The molecule has 0 unspecified atom stereocenters. The first-order valence-corrected chi connectivity index (χ1v) is 7.42. The van der Waals surface area contributed by atoms with Crippen LogP contribution < -0.4 is 5.32 Å². The van der Waals surface area contributed by atoms with Crippen molar-refractivity contribution >= 4 is 5.82 Å². The number of benzene rings is 1. The lowest BCUT2D eigenvalue weighted by molar-refractivity contribution is -0.0412. The first kappa shape index (κ1) is 14.6. The Balaban J connectivity index is 1.86. The van der Waals surface area contributed by atoms with Crippen molar-refractivity contribution in [2.75, 3.05) is 5.32 Å². The van der Waals surface area contributed by atoms with Crippen LogP contribution in [0.1, 0.15) is 36.2 Å². The molecule has 0 fully saturated rings. The summed E-state index contributed by atoms with van der Waals surface area (Å²) in [6, 6.07) is 14.2. The number of hydrogen-bond acceptors (Lipinski definition) is 4. The molecule has 0 saturated carbocycles. The molecule has 112 valence electrons. The molecule has 0 atom stereocenters. The molecule has 4 heteroatoms. The number of nitrogens with zero attached hydrogens (tertiary/aromatic N) is 2. The summed E-state index contributed by atoms with van der Waals surface area (Å²) in [5.74, 6) is 0.655. The van der Waals surface area contributed by atoms with Crippen molar-refractivity contribution in [3.05, 3.63) is 58.8 Å². The van der Waals surface area contributed by atoms with Gasteiger partial charge in [-0.2, -0.15) is 5.26 Å². The number of ether oxygens (including phenoxy) is 1. The van der Waals surface area contributed by atoms with Crippen molar-refractivity contribution in [3.8, 4) is 6.07 Å². The van der Waals surface area contributed by atoms with E-state index in [1.807, 2.05) is 24.3 Å². The van der Waals surface area contributed by atoms with Crippen molar-refractivity contribution in [3.63, 3.8) is 0 Å². The van der Waals surface area contributed by atoms with E-state index < -0.39 is 0 Å². The van der Waals surface area contributed by atoms with Crippen LogP contribution >= 0.6 is 0 Å². The molecule has 3 rings (SSSR count). The van der Waals surface area contributed by atoms with Crippen LogP contribution in [0.4, 0.5) is 5.82 Å². The number of rotatable bonds is 3. The van der Waals surface area contributed by atoms with Crippen LogP contribution in [0.5, 0.6) is 0 Å². The van der Waals surface area contributed by atoms with Crippen LogP contribution in [-0.2, 0) is 24.3 Å². The number of aromatic nitrogens is 1. The van der Waals surface area contributed by atoms with Gasteiger partial charge in [-0.05, 0) is 25.5 Å². The Morgan fingerprint density at radius 2 is 2.09 bits per heavy atom. The summed E-state index contributed by atoms with van der Waals surface area (Å²) in [6.07, 6.45) is 0.758. The third-order valence-electron chi connectivity index (χ3n) is 3.83. The smallest absolute Gasteiger partial charge is 0.144 e. The van der Waals surface area contributed by atoms with Crippen molar-refractivity contribution in [2.24, 2.45) is 0 Å². The van der Waals surface area contributed by atoms with Crippen molar-refractivity contribution in [1.29, 1.82) is 5.26 Å². The zero-order chi connectivity index (χ0) is 15.6. The van der Waals surface area contributed by atoms with E-state index in [9.17, 15) is 5.26 Å². The minimum Gasteiger partial charge on any atom is -0.370 e. The molecule has 0 aliphatic carbocycles. The minimum absolute atomic E-state index is 0.204. The van der Waals surface area contributed by atoms with Crippen LogP contribution in [0.15, 0.2) is 36.4 Å². The van der Waals surface area contributed by atoms with Gasteiger partial charge in [-0.15, -0.1) is 0 Å². The van der Waals surface area contributed by atoms with Crippen molar-refractivity contribution in [1.82, 2.24) is 4.98 Å². The lowest BCUT2D eigenvalue weighted by atomic mass is 9.95. The summed E-state index contributed by atoms with van der Waals surface area (Å²) in [5.41, 5.74) is 3.56. The Morgan fingerprint density at radius 1 is 1.32 bits per heavy atom. The Morgan fingerprint density at radius 3 is 2.82 bits per heavy atom. The summed E-state index contributed by atoms with van der Waals surface area (Å²) >= 11 is 0. The van der Waals surface area contributed by atoms with E-state index in [4.69, 9.17) is 4.74 Å².